The lowest BCUT2D eigenvalue weighted by Gasteiger charge is -2.17. The summed E-state index contributed by atoms with van der Waals surface area (Å²) in [5.74, 6) is -0.193. The molecule has 0 aliphatic carbocycles. The highest BCUT2D eigenvalue weighted by Crippen LogP contribution is 2.00. The van der Waals surface area contributed by atoms with Gasteiger partial charge in [-0.25, -0.2) is 4.84 Å². The molecular weight excluding hydrogens is 158 g/mol. The van der Waals surface area contributed by atoms with Gasteiger partial charge in [-0.3, -0.25) is 4.79 Å². The third-order valence-electron chi connectivity index (χ3n) is 1.12. The molecule has 1 heterocycles. The Morgan fingerprint density at radius 1 is 1.67 bits per heavy atom. The summed E-state index contributed by atoms with van der Waals surface area (Å²) in [6, 6.07) is 0. The molecule has 0 aromatic rings. The van der Waals surface area contributed by atoms with Gasteiger partial charge in [0, 0.05) is 0 Å². The van der Waals surface area contributed by atoms with Crippen LogP contribution in [-0.2, 0) is 14.5 Å². The van der Waals surface area contributed by atoms with Gasteiger partial charge >= 0.3 is 0 Å². The average Bonchev–Trinajstić information content (AvgIpc) is 2.16. The van der Waals surface area contributed by atoms with Crippen LogP contribution in [0.3, 0.4) is 0 Å². The molecule has 0 fully saturated rings. The fourth-order valence-corrected chi connectivity index (χ4v) is 0.555. The molecule has 64 valence electrons. The molecule has 4 nitrogen and oxygen atoms in total. The first-order valence-corrected chi connectivity index (χ1v) is 3.40. The summed E-state index contributed by atoms with van der Waals surface area (Å²) < 4.78 is 0. The number of carbonyl (C=O) groups is 1. The van der Waals surface area contributed by atoms with E-state index in [1.807, 2.05) is 0 Å². The van der Waals surface area contributed by atoms with E-state index in [-0.39, 0.29) is 12.4 Å². The lowest BCUT2D eigenvalue weighted by atomic mass is 10.4. The van der Waals surface area contributed by atoms with Gasteiger partial charge in [0.2, 0.25) is 0 Å². The zero-order valence-electron chi connectivity index (χ0n) is 6.47. The molecule has 0 bridgehead atoms. The maximum Gasteiger partial charge on any atom is 0.183 e. The summed E-state index contributed by atoms with van der Waals surface area (Å²) in [5, 5.41) is 1.10. The van der Waals surface area contributed by atoms with Crippen LogP contribution in [0, 0.1) is 0 Å². The third kappa shape index (κ3) is 2.59. The normalized spacial score (nSPS) is 14.2. The van der Waals surface area contributed by atoms with E-state index < -0.39 is 0 Å². The van der Waals surface area contributed by atoms with Crippen LogP contribution >= 0.6 is 0 Å². The molecule has 12 heavy (non-hydrogen) atoms. The van der Waals surface area contributed by atoms with Crippen LogP contribution in [0.2, 0.25) is 0 Å². The van der Waals surface area contributed by atoms with E-state index in [9.17, 15) is 4.79 Å². The van der Waals surface area contributed by atoms with Gasteiger partial charge in [0.25, 0.3) is 0 Å². The minimum atomic E-state index is -0.193. The van der Waals surface area contributed by atoms with E-state index in [0.717, 1.165) is 5.23 Å². The smallest absolute Gasteiger partial charge is 0.183 e. The van der Waals surface area contributed by atoms with Crippen LogP contribution in [0.5, 0.6) is 0 Å². The molecule has 0 aromatic carbocycles. The Morgan fingerprint density at radius 2 is 2.50 bits per heavy atom. The van der Waals surface area contributed by atoms with Gasteiger partial charge < -0.3 is 4.84 Å². The Morgan fingerprint density at radius 3 is 3.08 bits per heavy atom. The molecule has 0 aromatic heterocycles. The second kappa shape index (κ2) is 4.35. The van der Waals surface area contributed by atoms with Crippen LogP contribution in [0.25, 0.3) is 0 Å². The molecule has 1 rings (SSSR count). The number of carbonyl (C=O) groups excluding carboxylic acids is 1. The zero-order valence-corrected chi connectivity index (χ0v) is 6.47. The summed E-state index contributed by atoms with van der Waals surface area (Å²) in [6.45, 7) is 3.24. The Hall–Kier alpha value is -1.55. The fourth-order valence-electron chi connectivity index (χ4n) is 0.555. The topological polar surface area (TPSA) is 38.8 Å². The summed E-state index contributed by atoms with van der Waals surface area (Å²) in [4.78, 5) is 20.4. The molecule has 4 heteroatoms. The number of hydrogen-bond donors (Lipinski definition) is 0. The molecule has 0 amide bonds. The molecule has 0 unspecified atom stereocenters. The lowest BCUT2D eigenvalue weighted by molar-refractivity contribution is -0.304. The van der Waals surface area contributed by atoms with Crippen molar-refractivity contribution in [1.29, 1.82) is 0 Å². The highest BCUT2D eigenvalue weighted by molar-refractivity contribution is 5.90. The monoisotopic (exact) mass is 167 g/mol. The number of allylic oxidation sites excluding steroid dienone is 2. The predicted octanol–water partition coefficient (Wildman–Crippen LogP) is 0.948. The summed E-state index contributed by atoms with van der Waals surface area (Å²) in [5.41, 5.74) is 0. The second-order valence-electron chi connectivity index (χ2n) is 2.00. The molecule has 1 aliphatic heterocycles. The highest BCUT2D eigenvalue weighted by Gasteiger charge is 2.03. The van der Waals surface area contributed by atoms with E-state index in [4.69, 9.17) is 9.68 Å². The van der Waals surface area contributed by atoms with E-state index >= 15 is 0 Å². The van der Waals surface area contributed by atoms with E-state index in [1.165, 1.54) is 12.3 Å². The molecule has 0 N–H and O–H groups in total. The molecule has 0 atom stereocenters. The summed E-state index contributed by atoms with van der Waals surface area (Å²) in [6.07, 6.45) is 7.62. The van der Waals surface area contributed by atoms with Gasteiger partial charge in [0.05, 0.1) is 6.20 Å². The third-order valence-corrected chi connectivity index (χ3v) is 1.12. The molecular formula is C8H9NO3. The minimum absolute atomic E-state index is 0.0678. The molecule has 0 radical (unpaired) electrons. The van der Waals surface area contributed by atoms with E-state index in [1.54, 1.807) is 18.4 Å². The van der Waals surface area contributed by atoms with Crippen LogP contribution in [0.4, 0.5) is 0 Å². The quantitative estimate of drug-likeness (QED) is 0.584. The van der Waals surface area contributed by atoms with Gasteiger partial charge in [-0.2, -0.15) is 0 Å². The molecule has 0 saturated carbocycles. The first-order chi connectivity index (χ1) is 5.83. The van der Waals surface area contributed by atoms with E-state index in [2.05, 4.69) is 6.58 Å². The first-order valence-electron chi connectivity index (χ1n) is 3.40. The fraction of sp³-hybridized carbons (Fsp3) is 0.125. The molecule has 0 spiro atoms. The average molecular weight is 167 g/mol. The van der Waals surface area contributed by atoms with Gasteiger partial charge in [0.1, 0.15) is 12.9 Å². The van der Waals surface area contributed by atoms with Crippen molar-refractivity contribution >= 4 is 5.78 Å². The van der Waals surface area contributed by atoms with Crippen molar-refractivity contribution in [3.05, 3.63) is 37.3 Å². The SMILES string of the molecule is C=CC(=O)CON1C=CC=CO1. The van der Waals surface area contributed by atoms with Crippen molar-refractivity contribution in [3.8, 4) is 0 Å². The van der Waals surface area contributed by atoms with E-state index in [0.29, 0.717) is 0 Å². The number of ketones is 1. The van der Waals surface area contributed by atoms with Crippen molar-refractivity contribution in [3.63, 3.8) is 0 Å². The predicted molar refractivity (Wildman–Crippen MR) is 42.4 cm³/mol. The lowest BCUT2D eigenvalue weighted by Crippen LogP contribution is -2.20. The molecule has 1 aliphatic rings. The van der Waals surface area contributed by atoms with Gasteiger partial charge in [-0.15, -0.1) is 0 Å². The number of nitrogens with zero attached hydrogens (tertiary/aromatic N) is 1. The number of rotatable bonds is 4. The minimum Gasteiger partial charge on any atom is -0.362 e. The first kappa shape index (κ1) is 8.55. The van der Waals surface area contributed by atoms with Crippen LogP contribution in [0.15, 0.2) is 37.3 Å². The summed E-state index contributed by atoms with van der Waals surface area (Å²) >= 11 is 0. The van der Waals surface area contributed by atoms with Crippen molar-refractivity contribution in [2.24, 2.45) is 0 Å². The Bertz CT molecular complexity index is 232. The summed E-state index contributed by atoms with van der Waals surface area (Å²) in [7, 11) is 0. The standard InChI is InChI=1S/C8H9NO3/c1-2-8(10)7-12-9-5-3-4-6-11-9/h2-6H,1,7H2. The number of hydroxylamine groups is 2. The zero-order chi connectivity index (χ0) is 8.81. The van der Waals surface area contributed by atoms with Gasteiger partial charge in [-0.05, 0) is 18.2 Å². The van der Waals surface area contributed by atoms with Crippen LogP contribution in [0.1, 0.15) is 0 Å². The van der Waals surface area contributed by atoms with Crippen molar-refractivity contribution in [2.45, 2.75) is 0 Å². The van der Waals surface area contributed by atoms with Gasteiger partial charge in [-0.1, -0.05) is 11.8 Å². The molecule has 0 saturated heterocycles. The Kier molecular flexibility index (Phi) is 3.10. The second-order valence-corrected chi connectivity index (χ2v) is 2.00. The Balaban J connectivity index is 2.23. The van der Waals surface area contributed by atoms with Crippen molar-refractivity contribution < 1.29 is 14.5 Å². The van der Waals surface area contributed by atoms with Gasteiger partial charge in [0.15, 0.2) is 5.78 Å². The van der Waals surface area contributed by atoms with Crippen molar-refractivity contribution in [1.82, 2.24) is 5.23 Å². The largest absolute Gasteiger partial charge is 0.362 e. The van der Waals surface area contributed by atoms with Crippen LogP contribution in [-0.4, -0.2) is 17.6 Å². The number of hydrogen-bond acceptors (Lipinski definition) is 4. The van der Waals surface area contributed by atoms with Crippen molar-refractivity contribution in [2.75, 3.05) is 6.61 Å². The Labute approximate surface area is 70.3 Å². The highest BCUT2D eigenvalue weighted by atomic mass is 16.9. The maximum atomic E-state index is 10.7. The van der Waals surface area contributed by atoms with Crippen LogP contribution < -0.4 is 0 Å². The maximum absolute atomic E-state index is 10.7.